The molecule has 5 heteroatoms. The van der Waals surface area contributed by atoms with Crippen LogP contribution >= 0.6 is 0 Å². The molecule has 0 heterocycles. The fourth-order valence-corrected chi connectivity index (χ4v) is 1.96. The van der Waals surface area contributed by atoms with Crippen LogP contribution in [0.5, 0.6) is 0 Å². The Labute approximate surface area is 112 Å². The van der Waals surface area contributed by atoms with Crippen LogP contribution in [0.4, 0.5) is 13.2 Å². The molecule has 0 aliphatic carbocycles. The Morgan fingerprint density at radius 1 is 1.21 bits per heavy atom. The van der Waals surface area contributed by atoms with Crippen molar-refractivity contribution in [1.29, 1.82) is 0 Å². The second-order valence-corrected chi connectivity index (χ2v) is 4.58. The molecule has 2 nitrogen and oxygen atoms in total. The lowest BCUT2D eigenvalue weighted by atomic mass is 10.1. The Hall–Kier alpha value is -1.07. The molecule has 1 rings (SSSR count). The maximum absolute atomic E-state index is 12.6. The summed E-state index contributed by atoms with van der Waals surface area (Å²) in [5, 5.41) is 3.06. The van der Waals surface area contributed by atoms with Crippen LogP contribution in [0.15, 0.2) is 24.3 Å². The van der Waals surface area contributed by atoms with Crippen LogP contribution in [-0.4, -0.2) is 31.6 Å². The summed E-state index contributed by atoms with van der Waals surface area (Å²) < 4.78 is 37.9. The van der Waals surface area contributed by atoms with Gasteiger partial charge in [0.25, 0.3) is 0 Å². The normalized spacial score (nSPS) is 12.1. The molecule has 0 atom stereocenters. The molecule has 1 aromatic carbocycles. The van der Waals surface area contributed by atoms with Crippen molar-refractivity contribution in [3.8, 4) is 0 Å². The number of likely N-dealkylation sites (N-methyl/N-ethyl adjacent to an activating group) is 1. The Kier molecular flexibility index (Phi) is 6.31. The molecule has 0 unspecified atom stereocenters. The van der Waals surface area contributed by atoms with Crippen LogP contribution < -0.4 is 5.32 Å². The lowest BCUT2D eigenvalue weighted by Gasteiger charge is -2.22. The summed E-state index contributed by atoms with van der Waals surface area (Å²) in [5.41, 5.74) is 0.134. The standard InChI is InChI=1S/C14H21F3N2/c1-3-8-19(9-7-18-2)11-12-5-4-6-13(10-12)14(15,16)17/h4-6,10,18H,3,7-9,11H2,1-2H3. The summed E-state index contributed by atoms with van der Waals surface area (Å²) in [6.45, 7) is 5.18. The zero-order valence-electron chi connectivity index (χ0n) is 11.4. The van der Waals surface area contributed by atoms with Crippen molar-refractivity contribution >= 4 is 0 Å². The van der Waals surface area contributed by atoms with Gasteiger partial charge in [-0.25, -0.2) is 0 Å². The maximum atomic E-state index is 12.6. The Morgan fingerprint density at radius 3 is 2.53 bits per heavy atom. The van der Waals surface area contributed by atoms with Crippen molar-refractivity contribution in [3.05, 3.63) is 35.4 Å². The van der Waals surface area contributed by atoms with Gasteiger partial charge in [0.15, 0.2) is 0 Å². The largest absolute Gasteiger partial charge is 0.416 e. The number of nitrogens with one attached hydrogen (secondary N) is 1. The fraction of sp³-hybridized carbons (Fsp3) is 0.571. The van der Waals surface area contributed by atoms with Gasteiger partial charge in [-0.3, -0.25) is 4.90 Å². The molecule has 0 spiro atoms. The van der Waals surface area contributed by atoms with Crippen LogP contribution in [0.1, 0.15) is 24.5 Å². The molecule has 0 radical (unpaired) electrons. The van der Waals surface area contributed by atoms with Crippen molar-refractivity contribution in [1.82, 2.24) is 10.2 Å². The second kappa shape index (κ2) is 7.50. The number of nitrogens with zero attached hydrogens (tertiary/aromatic N) is 1. The van der Waals surface area contributed by atoms with E-state index in [1.807, 2.05) is 7.05 Å². The van der Waals surface area contributed by atoms with Gasteiger partial charge in [0.1, 0.15) is 0 Å². The Morgan fingerprint density at radius 2 is 1.95 bits per heavy atom. The minimum Gasteiger partial charge on any atom is -0.318 e. The van der Waals surface area contributed by atoms with Gasteiger partial charge in [-0.2, -0.15) is 13.2 Å². The third-order valence-electron chi connectivity index (χ3n) is 2.88. The number of rotatable bonds is 7. The molecule has 0 saturated heterocycles. The van der Waals surface area contributed by atoms with Crippen LogP contribution in [0.2, 0.25) is 0 Å². The zero-order valence-corrected chi connectivity index (χ0v) is 11.4. The van der Waals surface area contributed by atoms with E-state index in [0.717, 1.165) is 32.1 Å². The topological polar surface area (TPSA) is 15.3 Å². The van der Waals surface area contributed by atoms with Gasteiger partial charge >= 0.3 is 6.18 Å². The molecule has 0 fully saturated rings. The zero-order chi connectivity index (χ0) is 14.3. The average molecular weight is 274 g/mol. The Balaban J connectivity index is 2.73. The average Bonchev–Trinajstić information content (AvgIpc) is 2.35. The van der Waals surface area contributed by atoms with Crippen molar-refractivity contribution in [2.75, 3.05) is 26.7 Å². The molecule has 0 aliphatic rings. The van der Waals surface area contributed by atoms with Crippen molar-refractivity contribution in [3.63, 3.8) is 0 Å². The molecule has 0 bridgehead atoms. The summed E-state index contributed by atoms with van der Waals surface area (Å²) in [5.74, 6) is 0. The van der Waals surface area contributed by atoms with Gasteiger partial charge in [0, 0.05) is 19.6 Å². The molecule has 108 valence electrons. The SMILES string of the molecule is CCCN(CCNC)Cc1cccc(C(F)(F)F)c1. The van der Waals surface area contributed by atoms with E-state index in [-0.39, 0.29) is 0 Å². The van der Waals surface area contributed by atoms with Gasteiger partial charge in [-0.05, 0) is 31.6 Å². The molecule has 0 aromatic heterocycles. The number of hydrogen-bond donors (Lipinski definition) is 1. The highest BCUT2D eigenvalue weighted by molar-refractivity contribution is 5.25. The lowest BCUT2D eigenvalue weighted by molar-refractivity contribution is -0.137. The van der Waals surface area contributed by atoms with E-state index >= 15 is 0 Å². The molecule has 1 aromatic rings. The first-order chi connectivity index (χ1) is 8.97. The van der Waals surface area contributed by atoms with Gasteiger partial charge in [-0.15, -0.1) is 0 Å². The fourth-order valence-electron chi connectivity index (χ4n) is 1.96. The van der Waals surface area contributed by atoms with Crippen LogP contribution in [0.25, 0.3) is 0 Å². The van der Waals surface area contributed by atoms with E-state index in [0.29, 0.717) is 12.1 Å². The number of alkyl halides is 3. The highest BCUT2D eigenvalue weighted by atomic mass is 19.4. The van der Waals surface area contributed by atoms with Crippen LogP contribution in [0.3, 0.4) is 0 Å². The molecule has 0 amide bonds. The third kappa shape index (κ3) is 5.61. The van der Waals surface area contributed by atoms with E-state index in [2.05, 4.69) is 17.1 Å². The summed E-state index contributed by atoms with van der Waals surface area (Å²) in [6, 6.07) is 5.57. The molecule has 0 saturated carbocycles. The van der Waals surface area contributed by atoms with E-state index < -0.39 is 11.7 Å². The number of benzene rings is 1. The number of hydrogen-bond acceptors (Lipinski definition) is 2. The summed E-state index contributed by atoms with van der Waals surface area (Å²) >= 11 is 0. The van der Waals surface area contributed by atoms with Gasteiger partial charge in [-0.1, -0.05) is 25.1 Å². The molecule has 0 aliphatic heterocycles. The maximum Gasteiger partial charge on any atom is 0.416 e. The molecule has 19 heavy (non-hydrogen) atoms. The van der Waals surface area contributed by atoms with E-state index in [1.54, 1.807) is 6.07 Å². The predicted octanol–water partition coefficient (Wildman–Crippen LogP) is 3.14. The summed E-state index contributed by atoms with van der Waals surface area (Å²) in [4.78, 5) is 2.16. The first kappa shape index (κ1) is 16.0. The Bertz CT molecular complexity index is 377. The molecular formula is C14H21F3N2. The minimum absolute atomic E-state index is 0.555. The third-order valence-corrected chi connectivity index (χ3v) is 2.88. The highest BCUT2D eigenvalue weighted by Crippen LogP contribution is 2.29. The second-order valence-electron chi connectivity index (χ2n) is 4.58. The quantitative estimate of drug-likeness (QED) is 0.821. The summed E-state index contributed by atoms with van der Waals surface area (Å²) in [6.07, 6.45) is -3.28. The van der Waals surface area contributed by atoms with E-state index in [9.17, 15) is 13.2 Å². The van der Waals surface area contributed by atoms with Crippen molar-refractivity contribution < 1.29 is 13.2 Å². The summed E-state index contributed by atoms with van der Waals surface area (Å²) in [7, 11) is 1.87. The minimum atomic E-state index is -4.27. The van der Waals surface area contributed by atoms with Gasteiger partial charge < -0.3 is 5.32 Å². The van der Waals surface area contributed by atoms with Crippen LogP contribution in [-0.2, 0) is 12.7 Å². The first-order valence-corrected chi connectivity index (χ1v) is 6.50. The first-order valence-electron chi connectivity index (χ1n) is 6.50. The monoisotopic (exact) mass is 274 g/mol. The van der Waals surface area contributed by atoms with Crippen molar-refractivity contribution in [2.24, 2.45) is 0 Å². The number of halogens is 3. The van der Waals surface area contributed by atoms with E-state index in [1.165, 1.54) is 12.1 Å². The predicted molar refractivity (Wildman–Crippen MR) is 70.9 cm³/mol. The van der Waals surface area contributed by atoms with Crippen molar-refractivity contribution in [2.45, 2.75) is 26.1 Å². The van der Waals surface area contributed by atoms with Gasteiger partial charge in [0.05, 0.1) is 5.56 Å². The van der Waals surface area contributed by atoms with E-state index in [4.69, 9.17) is 0 Å². The molecule has 1 N–H and O–H groups in total. The van der Waals surface area contributed by atoms with Crippen LogP contribution in [0, 0.1) is 0 Å². The molecular weight excluding hydrogens is 253 g/mol. The van der Waals surface area contributed by atoms with Gasteiger partial charge in [0.2, 0.25) is 0 Å². The highest BCUT2D eigenvalue weighted by Gasteiger charge is 2.30. The smallest absolute Gasteiger partial charge is 0.318 e. The lowest BCUT2D eigenvalue weighted by Crippen LogP contribution is -2.31.